The molecular weight excluding hydrogens is 460 g/mol. The molecule has 0 saturated carbocycles. The van der Waals surface area contributed by atoms with Gasteiger partial charge in [-0.25, -0.2) is 0 Å². The number of carbonyl (C=O) groups excluding carboxylic acids is 2. The molecule has 0 radical (unpaired) electrons. The number of ether oxygens (including phenoxy) is 1. The Kier molecular flexibility index (Phi) is 7.29. The zero-order chi connectivity index (χ0) is 25.7. The van der Waals surface area contributed by atoms with Gasteiger partial charge in [0.2, 0.25) is 0 Å². The van der Waals surface area contributed by atoms with E-state index in [9.17, 15) is 19.5 Å². The van der Waals surface area contributed by atoms with E-state index in [2.05, 4.69) is 5.32 Å². The van der Waals surface area contributed by atoms with Gasteiger partial charge in [-0.05, 0) is 42.3 Å². The number of nitrogen functional groups attached to an aromatic ring is 1. The Labute approximate surface area is 208 Å². The van der Waals surface area contributed by atoms with Gasteiger partial charge in [0, 0.05) is 35.5 Å². The highest BCUT2D eigenvalue weighted by atomic mass is 16.5. The van der Waals surface area contributed by atoms with Crippen molar-refractivity contribution in [1.29, 1.82) is 5.41 Å². The first-order valence-corrected chi connectivity index (χ1v) is 11.4. The number of carboxylic acids is 1. The van der Waals surface area contributed by atoms with E-state index in [-0.39, 0.29) is 24.2 Å². The molecule has 184 valence electrons. The Morgan fingerprint density at radius 1 is 1.06 bits per heavy atom. The Bertz CT molecular complexity index is 1290. The molecule has 1 unspecified atom stereocenters. The van der Waals surface area contributed by atoms with Gasteiger partial charge < -0.3 is 25.8 Å². The number of carbonyl (C=O) groups is 3. The molecule has 9 nitrogen and oxygen atoms in total. The Morgan fingerprint density at radius 3 is 2.42 bits per heavy atom. The topological polar surface area (TPSA) is 146 Å². The van der Waals surface area contributed by atoms with Crippen molar-refractivity contribution in [2.45, 2.75) is 25.5 Å². The Hall–Kier alpha value is -4.66. The van der Waals surface area contributed by atoms with Crippen LogP contribution in [-0.4, -0.2) is 46.3 Å². The van der Waals surface area contributed by atoms with Crippen molar-refractivity contribution < 1.29 is 24.2 Å². The fourth-order valence-electron chi connectivity index (χ4n) is 3.98. The highest BCUT2D eigenvalue weighted by molar-refractivity contribution is 6.05. The Balaban J connectivity index is 1.55. The van der Waals surface area contributed by atoms with E-state index in [1.165, 1.54) is 0 Å². The van der Waals surface area contributed by atoms with Crippen molar-refractivity contribution in [3.8, 4) is 5.75 Å². The van der Waals surface area contributed by atoms with Crippen LogP contribution in [0.1, 0.15) is 33.5 Å². The molecule has 5 N–H and O–H groups in total. The first kappa shape index (κ1) is 24.5. The summed E-state index contributed by atoms with van der Waals surface area (Å²) in [7, 11) is 0. The molecule has 2 amide bonds. The molecule has 3 aromatic carbocycles. The molecule has 1 aliphatic heterocycles. The smallest absolute Gasteiger partial charge is 0.307 e. The lowest BCUT2D eigenvalue weighted by Gasteiger charge is -2.23. The fraction of sp³-hybridized carbons (Fsp3) is 0.185. The lowest BCUT2D eigenvalue weighted by atomic mass is 10.1. The van der Waals surface area contributed by atoms with Gasteiger partial charge in [-0.3, -0.25) is 19.8 Å². The second kappa shape index (κ2) is 10.7. The molecule has 0 bridgehead atoms. The van der Waals surface area contributed by atoms with Gasteiger partial charge in [0.15, 0.2) is 6.10 Å². The predicted octanol–water partition coefficient (Wildman–Crippen LogP) is 3.03. The average molecular weight is 487 g/mol. The Morgan fingerprint density at radius 2 is 1.75 bits per heavy atom. The van der Waals surface area contributed by atoms with Gasteiger partial charge in [-0.15, -0.1) is 0 Å². The molecule has 3 aromatic rings. The number of nitrogens with zero attached hydrogens (tertiary/aromatic N) is 1. The maximum atomic E-state index is 13.1. The first-order valence-electron chi connectivity index (χ1n) is 11.4. The first-order chi connectivity index (χ1) is 17.3. The van der Waals surface area contributed by atoms with Gasteiger partial charge in [0.25, 0.3) is 11.8 Å². The standard InChI is InChI=1S/C27H26N4O5/c28-25(29)18-6-8-19(9-7-18)26(34)30-21-10-11-22-20(14-21)16-31(13-12-17-4-2-1-3-5-17)27(35)23(36-22)15-24(32)33/h1-11,14,23H,12-13,15-16H2,(H3,28,29)(H,30,34)(H,32,33). The second-order valence-corrected chi connectivity index (χ2v) is 8.47. The predicted molar refractivity (Wildman–Crippen MR) is 134 cm³/mol. The number of anilines is 1. The molecule has 4 rings (SSSR count). The van der Waals surface area contributed by atoms with Crippen LogP contribution in [0.25, 0.3) is 0 Å². The van der Waals surface area contributed by atoms with E-state index in [1.54, 1.807) is 47.4 Å². The molecular formula is C27H26N4O5. The van der Waals surface area contributed by atoms with E-state index >= 15 is 0 Å². The van der Waals surface area contributed by atoms with Crippen molar-refractivity contribution >= 4 is 29.3 Å². The quantitative estimate of drug-likeness (QED) is 0.284. The van der Waals surface area contributed by atoms with Crippen LogP contribution in [0.15, 0.2) is 72.8 Å². The van der Waals surface area contributed by atoms with Crippen LogP contribution in [0.4, 0.5) is 5.69 Å². The summed E-state index contributed by atoms with van der Waals surface area (Å²) in [6, 6.07) is 21.1. The number of amides is 2. The molecule has 36 heavy (non-hydrogen) atoms. The summed E-state index contributed by atoms with van der Waals surface area (Å²) < 4.78 is 5.83. The fourth-order valence-corrected chi connectivity index (χ4v) is 3.98. The second-order valence-electron chi connectivity index (χ2n) is 8.47. The SMILES string of the molecule is N=C(N)c1ccc(C(=O)Nc2ccc3c(c2)CN(CCc2ccccc2)C(=O)C(CC(=O)O)O3)cc1. The average Bonchev–Trinajstić information content (AvgIpc) is 2.99. The van der Waals surface area contributed by atoms with Crippen LogP contribution < -0.4 is 15.8 Å². The summed E-state index contributed by atoms with van der Waals surface area (Å²) in [6.07, 6.45) is -0.983. The van der Waals surface area contributed by atoms with Gasteiger partial charge >= 0.3 is 5.97 Å². The van der Waals surface area contributed by atoms with Crippen LogP contribution in [0.2, 0.25) is 0 Å². The van der Waals surface area contributed by atoms with E-state index in [0.29, 0.717) is 41.1 Å². The van der Waals surface area contributed by atoms with Crippen molar-refractivity contribution in [3.63, 3.8) is 0 Å². The number of nitrogens with two attached hydrogens (primary N) is 1. The van der Waals surface area contributed by atoms with Crippen molar-refractivity contribution in [2.24, 2.45) is 5.73 Å². The number of nitrogens with one attached hydrogen (secondary N) is 2. The molecule has 0 saturated heterocycles. The summed E-state index contributed by atoms with van der Waals surface area (Å²) >= 11 is 0. The summed E-state index contributed by atoms with van der Waals surface area (Å²) in [4.78, 5) is 38.8. The van der Waals surface area contributed by atoms with Crippen molar-refractivity contribution in [3.05, 3.63) is 95.1 Å². The summed E-state index contributed by atoms with van der Waals surface area (Å²) in [5.74, 6) is -1.54. The van der Waals surface area contributed by atoms with Gasteiger partial charge in [-0.1, -0.05) is 42.5 Å². The monoisotopic (exact) mass is 486 g/mol. The number of rotatable bonds is 8. The van der Waals surface area contributed by atoms with E-state index in [0.717, 1.165) is 5.56 Å². The maximum Gasteiger partial charge on any atom is 0.307 e. The molecule has 1 aliphatic rings. The summed E-state index contributed by atoms with van der Waals surface area (Å²) in [5, 5.41) is 19.6. The molecule has 0 spiro atoms. The number of benzene rings is 3. The number of amidine groups is 1. The number of fused-ring (bicyclic) bond motifs is 1. The number of aliphatic carboxylic acids is 1. The summed E-state index contributed by atoms with van der Waals surface area (Å²) in [6.45, 7) is 0.606. The molecule has 1 heterocycles. The van der Waals surface area contributed by atoms with Gasteiger partial charge in [0.1, 0.15) is 11.6 Å². The van der Waals surface area contributed by atoms with Gasteiger partial charge in [0.05, 0.1) is 6.42 Å². The molecule has 0 fully saturated rings. The van der Waals surface area contributed by atoms with Crippen LogP contribution in [0.5, 0.6) is 5.75 Å². The highest BCUT2D eigenvalue weighted by Crippen LogP contribution is 2.30. The van der Waals surface area contributed by atoms with E-state index in [1.807, 2.05) is 30.3 Å². The largest absolute Gasteiger partial charge is 0.481 e. The van der Waals surface area contributed by atoms with Crippen LogP contribution >= 0.6 is 0 Å². The van der Waals surface area contributed by atoms with E-state index < -0.39 is 18.5 Å². The summed E-state index contributed by atoms with van der Waals surface area (Å²) in [5.41, 5.74) is 8.60. The van der Waals surface area contributed by atoms with Crippen LogP contribution in [0.3, 0.4) is 0 Å². The minimum absolute atomic E-state index is 0.0831. The third-order valence-electron chi connectivity index (χ3n) is 5.87. The third kappa shape index (κ3) is 5.87. The lowest BCUT2D eigenvalue weighted by molar-refractivity contribution is -0.147. The minimum atomic E-state index is -1.14. The molecule has 0 aliphatic carbocycles. The lowest BCUT2D eigenvalue weighted by Crippen LogP contribution is -2.41. The zero-order valence-electron chi connectivity index (χ0n) is 19.4. The van der Waals surface area contributed by atoms with E-state index in [4.69, 9.17) is 15.9 Å². The zero-order valence-corrected chi connectivity index (χ0v) is 19.4. The number of carboxylic acid groups (broad SMARTS) is 1. The highest BCUT2D eigenvalue weighted by Gasteiger charge is 2.32. The van der Waals surface area contributed by atoms with Crippen molar-refractivity contribution in [1.82, 2.24) is 4.90 Å². The normalized spacial score (nSPS) is 14.8. The molecule has 0 aromatic heterocycles. The maximum absolute atomic E-state index is 13.1. The number of hydrogen-bond acceptors (Lipinski definition) is 5. The third-order valence-corrected chi connectivity index (χ3v) is 5.87. The number of hydrogen-bond donors (Lipinski definition) is 4. The molecule has 1 atom stereocenters. The molecule has 9 heteroatoms. The van der Waals surface area contributed by atoms with Crippen LogP contribution in [-0.2, 0) is 22.6 Å². The van der Waals surface area contributed by atoms with Crippen molar-refractivity contribution in [2.75, 3.05) is 11.9 Å². The van der Waals surface area contributed by atoms with Crippen LogP contribution in [0, 0.1) is 5.41 Å². The van der Waals surface area contributed by atoms with Gasteiger partial charge in [-0.2, -0.15) is 0 Å². The minimum Gasteiger partial charge on any atom is -0.481 e.